The van der Waals surface area contributed by atoms with Gasteiger partial charge in [0.2, 0.25) is 0 Å². The number of carboxylic acids is 1. The lowest BCUT2D eigenvalue weighted by molar-refractivity contribution is -0.165. The molecule has 0 aromatic heterocycles. The first-order valence-electron chi connectivity index (χ1n) is 4.93. The van der Waals surface area contributed by atoms with Crippen molar-refractivity contribution in [2.45, 2.75) is 30.8 Å². The molecule has 0 rings (SSSR count). The second-order valence-corrected chi connectivity index (χ2v) is 3.48. The molecule has 0 aliphatic rings. The number of aliphatic carboxylic acids is 1. The van der Waals surface area contributed by atoms with Crippen LogP contribution in [0.2, 0.25) is 0 Å². The monoisotopic (exact) mass is 265 g/mol. The smallest absolute Gasteiger partial charge is 0.321 e. The summed E-state index contributed by atoms with van der Waals surface area (Å²) >= 11 is 0. The summed E-state index contributed by atoms with van der Waals surface area (Å²) in [5.41, 5.74) is 5.06. The third kappa shape index (κ3) is 5.19. The number of hydrogen-bond donors (Lipinski definition) is 5. The van der Waals surface area contributed by atoms with E-state index in [1.807, 2.05) is 0 Å². The van der Waals surface area contributed by atoms with Gasteiger partial charge in [-0.1, -0.05) is 0 Å². The van der Waals surface area contributed by atoms with Crippen LogP contribution < -0.4 is 5.73 Å². The number of aliphatic hydroxyl groups excluding tert-OH is 3. The first-order chi connectivity index (χ1) is 8.33. The van der Waals surface area contributed by atoms with Crippen LogP contribution >= 0.6 is 0 Å². The third-order valence-corrected chi connectivity index (χ3v) is 2.02. The van der Waals surface area contributed by atoms with E-state index in [9.17, 15) is 19.5 Å². The fourth-order valence-corrected chi connectivity index (χ4v) is 0.972. The Morgan fingerprint density at radius 3 is 2.28 bits per heavy atom. The fourth-order valence-electron chi connectivity index (χ4n) is 0.972. The highest BCUT2D eigenvalue weighted by atomic mass is 16.6. The predicted molar refractivity (Wildman–Crippen MR) is 55.3 cm³/mol. The number of carbonyl (C=O) groups is 3. The van der Waals surface area contributed by atoms with Crippen molar-refractivity contribution in [3.05, 3.63) is 0 Å². The van der Waals surface area contributed by atoms with Crippen molar-refractivity contribution in [2.24, 2.45) is 5.73 Å². The topological polar surface area (TPSA) is 167 Å². The lowest BCUT2D eigenvalue weighted by Crippen LogP contribution is -2.44. The van der Waals surface area contributed by atoms with Gasteiger partial charge in [-0.2, -0.15) is 0 Å². The van der Waals surface area contributed by atoms with Crippen molar-refractivity contribution in [3.8, 4) is 0 Å². The van der Waals surface area contributed by atoms with Crippen molar-refractivity contribution in [1.82, 2.24) is 0 Å². The maximum absolute atomic E-state index is 11.2. The third-order valence-electron chi connectivity index (χ3n) is 2.02. The first-order valence-corrected chi connectivity index (χ1v) is 4.93. The minimum Gasteiger partial charge on any atom is -0.480 e. The summed E-state index contributed by atoms with van der Waals surface area (Å²) in [5, 5.41) is 35.3. The number of ether oxygens (including phenoxy) is 1. The molecule has 0 heterocycles. The van der Waals surface area contributed by atoms with E-state index in [1.54, 1.807) is 0 Å². The van der Waals surface area contributed by atoms with Crippen molar-refractivity contribution < 1.29 is 39.5 Å². The number of aliphatic hydroxyl groups is 3. The molecule has 0 amide bonds. The lowest BCUT2D eigenvalue weighted by Gasteiger charge is -2.21. The fraction of sp³-hybridized carbons (Fsp3) is 0.667. The molecular weight excluding hydrogens is 250 g/mol. The molecule has 0 aliphatic heterocycles. The molecule has 0 aliphatic carbocycles. The number of rotatable bonds is 8. The van der Waals surface area contributed by atoms with E-state index < -0.39 is 49.3 Å². The zero-order valence-electron chi connectivity index (χ0n) is 9.30. The molecule has 9 heteroatoms. The van der Waals surface area contributed by atoms with E-state index in [0.717, 1.165) is 0 Å². The number of nitrogens with two attached hydrogens (primary N) is 1. The van der Waals surface area contributed by atoms with Crippen molar-refractivity contribution in [3.63, 3.8) is 0 Å². The highest BCUT2D eigenvalue weighted by molar-refractivity contribution is 5.82. The first kappa shape index (κ1) is 16.4. The van der Waals surface area contributed by atoms with Gasteiger partial charge in [-0.25, -0.2) is 0 Å². The number of carbonyl (C=O) groups excluding carboxylic acids is 2. The van der Waals surface area contributed by atoms with Crippen LogP contribution in [0.5, 0.6) is 0 Å². The second-order valence-electron chi connectivity index (χ2n) is 3.48. The van der Waals surface area contributed by atoms with Gasteiger partial charge >= 0.3 is 11.9 Å². The summed E-state index contributed by atoms with van der Waals surface area (Å²) in [7, 11) is 0. The van der Waals surface area contributed by atoms with E-state index in [-0.39, 0.29) is 6.29 Å². The number of esters is 1. The van der Waals surface area contributed by atoms with Crippen molar-refractivity contribution in [2.75, 3.05) is 6.61 Å². The molecule has 9 nitrogen and oxygen atoms in total. The summed E-state index contributed by atoms with van der Waals surface area (Å²) in [6.45, 7) is -0.836. The zero-order valence-corrected chi connectivity index (χ0v) is 9.30. The normalized spacial score (nSPS) is 17.3. The molecule has 18 heavy (non-hydrogen) atoms. The molecule has 0 unspecified atom stereocenters. The van der Waals surface area contributed by atoms with Crippen LogP contribution in [0.15, 0.2) is 0 Å². The Hall–Kier alpha value is -1.55. The maximum atomic E-state index is 11.2. The molecule has 0 fully saturated rings. The molecule has 0 saturated heterocycles. The van der Waals surface area contributed by atoms with E-state index in [0.29, 0.717) is 0 Å². The maximum Gasteiger partial charge on any atom is 0.321 e. The van der Waals surface area contributed by atoms with E-state index in [4.69, 9.17) is 21.1 Å². The summed E-state index contributed by atoms with van der Waals surface area (Å²) in [5.74, 6) is -2.54. The molecule has 0 spiro atoms. The van der Waals surface area contributed by atoms with Crippen LogP contribution in [0.3, 0.4) is 0 Å². The predicted octanol–water partition coefficient (Wildman–Crippen LogP) is -3.39. The summed E-state index contributed by atoms with van der Waals surface area (Å²) in [4.78, 5) is 32.1. The zero-order chi connectivity index (χ0) is 14.3. The van der Waals surface area contributed by atoms with Gasteiger partial charge in [-0.05, 0) is 0 Å². The molecule has 6 N–H and O–H groups in total. The molecule has 0 saturated carbocycles. The quantitative estimate of drug-likeness (QED) is 0.222. The van der Waals surface area contributed by atoms with Crippen LogP contribution in [-0.4, -0.2) is 69.6 Å². The van der Waals surface area contributed by atoms with Gasteiger partial charge in [0.25, 0.3) is 0 Å². The summed E-state index contributed by atoms with van der Waals surface area (Å²) in [6.07, 6.45) is -5.82. The molecule has 0 bridgehead atoms. The van der Waals surface area contributed by atoms with E-state index in [2.05, 4.69) is 4.74 Å². The molecule has 4 atom stereocenters. The van der Waals surface area contributed by atoms with Gasteiger partial charge in [0.15, 0.2) is 12.4 Å². The highest BCUT2D eigenvalue weighted by Gasteiger charge is 2.29. The second kappa shape index (κ2) is 7.71. The Morgan fingerprint density at radius 1 is 1.33 bits per heavy atom. The van der Waals surface area contributed by atoms with Crippen LogP contribution in [0.4, 0.5) is 0 Å². The number of carboxylic acid groups (broad SMARTS) is 1. The average molecular weight is 265 g/mol. The summed E-state index contributed by atoms with van der Waals surface area (Å²) in [6, 6.07) is -1.50. The van der Waals surface area contributed by atoms with Crippen molar-refractivity contribution >= 4 is 18.2 Å². The SMILES string of the molecule is N[C@H](CC(=O)O[C@@H](C=O)[C@@H](O)[C@H](O)CO)C(=O)O. The molecule has 0 radical (unpaired) electrons. The van der Waals surface area contributed by atoms with Gasteiger partial charge < -0.3 is 30.9 Å². The lowest BCUT2D eigenvalue weighted by atomic mass is 10.1. The largest absolute Gasteiger partial charge is 0.480 e. The van der Waals surface area contributed by atoms with Crippen LogP contribution in [-0.2, 0) is 19.1 Å². The van der Waals surface area contributed by atoms with Gasteiger partial charge in [-0.3, -0.25) is 14.4 Å². The molecule has 0 aromatic rings. The Morgan fingerprint density at radius 2 is 1.89 bits per heavy atom. The van der Waals surface area contributed by atoms with Crippen LogP contribution in [0, 0.1) is 0 Å². The standard InChI is InChI=1S/C9H15NO8/c10-4(9(16)17)1-7(14)18-6(3-12)8(15)5(13)2-11/h3-6,8,11,13,15H,1-2,10H2,(H,16,17)/t4-,5-,6+,8+/m1/s1. The Bertz CT molecular complexity index is 307. The Labute approximate surface area is 102 Å². The highest BCUT2D eigenvalue weighted by Crippen LogP contribution is 2.05. The van der Waals surface area contributed by atoms with Gasteiger partial charge in [-0.15, -0.1) is 0 Å². The van der Waals surface area contributed by atoms with Gasteiger partial charge in [0, 0.05) is 0 Å². The minimum absolute atomic E-state index is 0.0493. The number of aldehydes is 1. The van der Waals surface area contributed by atoms with Crippen molar-refractivity contribution in [1.29, 1.82) is 0 Å². The summed E-state index contributed by atoms with van der Waals surface area (Å²) < 4.78 is 4.43. The van der Waals surface area contributed by atoms with E-state index >= 15 is 0 Å². The molecule has 104 valence electrons. The molecule has 0 aromatic carbocycles. The minimum atomic E-state index is -1.81. The number of hydrogen-bond acceptors (Lipinski definition) is 8. The van der Waals surface area contributed by atoms with Crippen LogP contribution in [0.1, 0.15) is 6.42 Å². The molecular formula is C9H15NO8. The van der Waals surface area contributed by atoms with Crippen LogP contribution in [0.25, 0.3) is 0 Å². The Kier molecular flexibility index (Phi) is 7.05. The van der Waals surface area contributed by atoms with Gasteiger partial charge in [0.1, 0.15) is 18.2 Å². The van der Waals surface area contributed by atoms with E-state index in [1.165, 1.54) is 0 Å². The van der Waals surface area contributed by atoms with Gasteiger partial charge in [0.05, 0.1) is 13.0 Å². The average Bonchev–Trinajstić information content (AvgIpc) is 2.33. The Balaban J connectivity index is 4.41.